The molecule has 1 aromatic heterocycles. The number of carboxylic acid groups (broad SMARTS) is 1. The molecule has 2 aromatic rings. The largest absolute Gasteiger partial charge is 0.481 e. The van der Waals surface area contributed by atoms with E-state index >= 15 is 0 Å². The average Bonchev–Trinajstić information content (AvgIpc) is 3.24. The first-order valence-corrected chi connectivity index (χ1v) is 10.7. The van der Waals surface area contributed by atoms with Gasteiger partial charge in [-0.05, 0) is 37.8 Å². The van der Waals surface area contributed by atoms with E-state index in [9.17, 15) is 23.5 Å². The number of aromatic nitrogens is 1. The Kier molecular flexibility index (Phi) is 6.31. The van der Waals surface area contributed by atoms with E-state index in [2.05, 4.69) is 15.4 Å². The van der Waals surface area contributed by atoms with E-state index in [0.29, 0.717) is 6.42 Å². The minimum absolute atomic E-state index is 0.00906. The fraction of sp³-hybridized carbons (Fsp3) is 0.500. The van der Waals surface area contributed by atoms with E-state index in [1.807, 2.05) is 0 Å². The molecule has 7 nitrogen and oxygen atoms in total. The Morgan fingerprint density at radius 3 is 2.58 bits per heavy atom. The summed E-state index contributed by atoms with van der Waals surface area (Å²) < 4.78 is 32.3. The maximum atomic E-state index is 14.0. The molecule has 2 fully saturated rings. The summed E-state index contributed by atoms with van der Waals surface area (Å²) >= 11 is 0. The zero-order chi connectivity index (χ0) is 22.0. The summed E-state index contributed by atoms with van der Waals surface area (Å²) in [5, 5.41) is 16.3. The third-order valence-electron chi connectivity index (χ3n) is 6.25. The molecule has 1 aromatic carbocycles. The van der Waals surface area contributed by atoms with Gasteiger partial charge in [0.05, 0.1) is 17.6 Å². The fourth-order valence-electron chi connectivity index (χ4n) is 4.69. The van der Waals surface area contributed by atoms with E-state index in [4.69, 9.17) is 4.52 Å². The zero-order valence-electron chi connectivity index (χ0n) is 17.0. The number of carbonyl (C=O) groups is 2. The number of halogens is 2. The number of amides is 1. The molecule has 0 radical (unpaired) electrons. The number of carbonyl (C=O) groups excluding carboxylic acids is 1. The monoisotopic (exact) mass is 433 g/mol. The number of nitrogens with zero attached hydrogens (tertiary/aromatic N) is 2. The van der Waals surface area contributed by atoms with Crippen molar-refractivity contribution in [3.8, 4) is 11.3 Å². The topological polar surface area (TPSA) is 95.7 Å². The van der Waals surface area contributed by atoms with Gasteiger partial charge in [0, 0.05) is 24.7 Å². The molecule has 1 saturated carbocycles. The summed E-state index contributed by atoms with van der Waals surface area (Å²) in [4.78, 5) is 26.9. The SMILES string of the molecule is O=C(NC1[C@@H](C(=O)O)CCCN1C1CCCCC1)c1cc(-c2ccc(F)cc2F)on1. The summed E-state index contributed by atoms with van der Waals surface area (Å²) in [6.45, 7) is 0.726. The Bertz CT molecular complexity index is 958. The molecule has 0 bridgehead atoms. The van der Waals surface area contributed by atoms with E-state index < -0.39 is 35.6 Å². The zero-order valence-corrected chi connectivity index (χ0v) is 17.0. The van der Waals surface area contributed by atoms with Crippen molar-refractivity contribution in [2.45, 2.75) is 57.2 Å². The lowest BCUT2D eigenvalue weighted by Crippen LogP contribution is -2.60. The second-order valence-corrected chi connectivity index (χ2v) is 8.24. The molecule has 2 N–H and O–H groups in total. The molecule has 31 heavy (non-hydrogen) atoms. The van der Waals surface area contributed by atoms with Crippen LogP contribution in [0.5, 0.6) is 0 Å². The molecule has 1 aliphatic carbocycles. The van der Waals surface area contributed by atoms with Gasteiger partial charge in [-0.15, -0.1) is 0 Å². The Morgan fingerprint density at radius 2 is 1.87 bits per heavy atom. The Labute approximate surface area is 178 Å². The van der Waals surface area contributed by atoms with Crippen LogP contribution in [0.3, 0.4) is 0 Å². The summed E-state index contributed by atoms with van der Waals surface area (Å²) in [5.41, 5.74) is -0.102. The quantitative estimate of drug-likeness (QED) is 0.745. The van der Waals surface area contributed by atoms with Gasteiger partial charge < -0.3 is 14.9 Å². The van der Waals surface area contributed by atoms with Crippen LogP contribution in [-0.2, 0) is 4.79 Å². The minimum Gasteiger partial charge on any atom is -0.481 e. The van der Waals surface area contributed by atoms with Crippen molar-refractivity contribution in [1.82, 2.24) is 15.4 Å². The number of likely N-dealkylation sites (tertiary alicyclic amines) is 1. The summed E-state index contributed by atoms with van der Waals surface area (Å²) in [7, 11) is 0. The van der Waals surface area contributed by atoms with E-state index in [1.54, 1.807) is 0 Å². The number of carboxylic acids is 1. The highest BCUT2D eigenvalue weighted by atomic mass is 19.1. The highest BCUT2D eigenvalue weighted by Gasteiger charge is 2.40. The molecule has 9 heteroatoms. The first-order valence-electron chi connectivity index (χ1n) is 10.7. The third-order valence-corrected chi connectivity index (χ3v) is 6.25. The van der Waals surface area contributed by atoms with E-state index in [0.717, 1.165) is 50.8 Å². The normalized spacial score (nSPS) is 22.9. The number of benzene rings is 1. The lowest BCUT2D eigenvalue weighted by Gasteiger charge is -2.45. The number of aliphatic carboxylic acids is 1. The minimum atomic E-state index is -0.944. The van der Waals surface area contributed by atoms with E-state index in [1.165, 1.54) is 18.6 Å². The predicted molar refractivity (Wildman–Crippen MR) is 107 cm³/mol. The molecule has 166 valence electrons. The number of rotatable bonds is 5. The first-order chi connectivity index (χ1) is 14.9. The highest BCUT2D eigenvalue weighted by Crippen LogP contribution is 2.31. The smallest absolute Gasteiger partial charge is 0.309 e. The van der Waals surface area contributed by atoms with Crippen molar-refractivity contribution in [1.29, 1.82) is 0 Å². The van der Waals surface area contributed by atoms with Crippen molar-refractivity contribution in [2.24, 2.45) is 5.92 Å². The van der Waals surface area contributed by atoms with Crippen LogP contribution >= 0.6 is 0 Å². The molecule has 1 unspecified atom stereocenters. The molecule has 4 rings (SSSR count). The Morgan fingerprint density at radius 1 is 1.10 bits per heavy atom. The average molecular weight is 433 g/mol. The van der Waals surface area contributed by atoms with E-state index in [-0.39, 0.29) is 23.1 Å². The van der Waals surface area contributed by atoms with Gasteiger partial charge in [-0.1, -0.05) is 24.4 Å². The van der Waals surface area contributed by atoms with Gasteiger partial charge >= 0.3 is 5.97 Å². The van der Waals surface area contributed by atoms with Crippen molar-refractivity contribution < 1.29 is 28.0 Å². The molecular formula is C22H25F2N3O4. The molecular weight excluding hydrogens is 408 g/mol. The van der Waals surface area contributed by atoms with Crippen LogP contribution in [0, 0.1) is 17.6 Å². The highest BCUT2D eigenvalue weighted by molar-refractivity contribution is 5.93. The maximum Gasteiger partial charge on any atom is 0.309 e. The molecule has 2 heterocycles. The lowest BCUT2D eigenvalue weighted by molar-refractivity contribution is -0.147. The van der Waals surface area contributed by atoms with Gasteiger partial charge in [0.1, 0.15) is 11.6 Å². The van der Waals surface area contributed by atoms with Crippen molar-refractivity contribution >= 4 is 11.9 Å². The Hall–Kier alpha value is -2.81. The number of piperidine rings is 1. The molecule has 0 spiro atoms. The molecule has 2 atom stereocenters. The Balaban J connectivity index is 1.54. The van der Waals surface area contributed by atoms with Crippen LogP contribution in [-0.4, -0.2) is 45.8 Å². The lowest BCUT2D eigenvalue weighted by atomic mass is 9.88. The molecule has 1 amide bonds. The van der Waals surface area contributed by atoms with Crippen LogP contribution in [0.15, 0.2) is 28.8 Å². The van der Waals surface area contributed by atoms with Crippen LogP contribution in [0.2, 0.25) is 0 Å². The maximum absolute atomic E-state index is 14.0. The van der Waals surface area contributed by atoms with Gasteiger partial charge in [-0.3, -0.25) is 14.5 Å². The van der Waals surface area contributed by atoms with Gasteiger partial charge in [0.25, 0.3) is 5.91 Å². The summed E-state index contributed by atoms with van der Waals surface area (Å²) in [6, 6.07) is 4.53. The third kappa shape index (κ3) is 4.61. The summed E-state index contributed by atoms with van der Waals surface area (Å²) in [6.07, 6.45) is 5.92. The number of hydrogen-bond acceptors (Lipinski definition) is 5. The standard InChI is InChI=1S/C22H25F2N3O4/c23-13-8-9-15(17(24)11-13)19-12-18(26-31-19)21(28)25-20-16(22(29)30)7-4-10-27(20)14-5-2-1-3-6-14/h8-9,11-12,14,16,20H,1-7,10H2,(H,25,28)(H,29,30)/t16-,20?/m0/s1. The van der Waals surface area contributed by atoms with Crippen molar-refractivity contribution in [2.75, 3.05) is 6.54 Å². The first kappa shape index (κ1) is 21.4. The number of nitrogens with one attached hydrogen (secondary N) is 1. The summed E-state index contributed by atoms with van der Waals surface area (Å²) in [5.74, 6) is -3.81. The number of hydrogen-bond donors (Lipinski definition) is 2. The van der Waals surface area contributed by atoms with Gasteiger partial charge in [0.2, 0.25) is 0 Å². The molecule has 1 aliphatic heterocycles. The van der Waals surface area contributed by atoms with Gasteiger partial charge in [-0.25, -0.2) is 8.78 Å². The molecule has 2 aliphatic rings. The van der Waals surface area contributed by atoms with Gasteiger partial charge in [0.15, 0.2) is 11.5 Å². The fourth-order valence-corrected chi connectivity index (χ4v) is 4.69. The predicted octanol–water partition coefficient (Wildman–Crippen LogP) is 3.81. The van der Waals surface area contributed by atoms with Crippen molar-refractivity contribution in [3.05, 3.63) is 41.6 Å². The van der Waals surface area contributed by atoms with Crippen LogP contribution in [0.25, 0.3) is 11.3 Å². The van der Waals surface area contributed by atoms with Crippen molar-refractivity contribution in [3.63, 3.8) is 0 Å². The molecule has 1 saturated heterocycles. The van der Waals surface area contributed by atoms with Crippen LogP contribution < -0.4 is 5.32 Å². The van der Waals surface area contributed by atoms with Gasteiger partial charge in [-0.2, -0.15) is 0 Å². The van der Waals surface area contributed by atoms with Crippen LogP contribution in [0.1, 0.15) is 55.4 Å². The second-order valence-electron chi connectivity index (χ2n) is 8.24. The second kappa shape index (κ2) is 9.13. The van der Waals surface area contributed by atoms with Crippen LogP contribution in [0.4, 0.5) is 8.78 Å².